The lowest BCUT2D eigenvalue weighted by molar-refractivity contribution is -0.141. The van der Waals surface area contributed by atoms with Crippen LogP contribution in [0.2, 0.25) is 0 Å². The second kappa shape index (κ2) is 20.1. The van der Waals surface area contributed by atoms with E-state index in [0.29, 0.717) is 75.9 Å². The number of amides is 3. The third kappa shape index (κ3) is 13.9. The molecule has 14 heteroatoms. The highest BCUT2D eigenvalue weighted by molar-refractivity contribution is 5.82. The molecule has 0 aromatic carbocycles. The van der Waals surface area contributed by atoms with Crippen LogP contribution in [0.25, 0.3) is 0 Å². The molecule has 2 saturated heterocycles. The SMILES string of the molecule is COC(=O)C[C@H](NC(=O)[C@@H]1CCCN(C(=O)CCC2CCN(C(=O)OC(C)(C)C)CC2)C1)c1cncc(OCCOCCOCCF)c1. The number of rotatable bonds is 17. The number of nitrogens with one attached hydrogen (secondary N) is 1. The number of alkyl halides is 1. The fourth-order valence-electron chi connectivity index (χ4n) is 5.73. The van der Waals surface area contributed by atoms with Gasteiger partial charge in [-0.1, -0.05) is 0 Å². The number of ether oxygens (including phenoxy) is 5. The Labute approximate surface area is 283 Å². The smallest absolute Gasteiger partial charge is 0.410 e. The molecule has 2 aliphatic heterocycles. The maximum Gasteiger partial charge on any atom is 0.410 e. The second-order valence-corrected chi connectivity index (χ2v) is 13.2. The van der Waals surface area contributed by atoms with E-state index in [2.05, 4.69) is 10.3 Å². The lowest BCUT2D eigenvalue weighted by atomic mass is 9.91. The number of methoxy groups -OCH3 is 1. The highest BCUT2D eigenvalue weighted by atomic mass is 19.1. The molecule has 13 nitrogen and oxygen atoms in total. The summed E-state index contributed by atoms with van der Waals surface area (Å²) in [4.78, 5) is 59.0. The zero-order valence-corrected chi connectivity index (χ0v) is 28.9. The molecule has 1 aromatic rings. The van der Waals surface area contributed by atoms with Crippen molar-refractivity contribution < 1.29 is 47.3 Å². The molecule has 2 atom stereocenters. The molecule has 48 heavy (non-hydrogen) atoms. The molecule has 2 aliphatic rings. The van der Waals surface area contributed by atoms with E-state index in [-0.39, 0.29) is 44.1 Å². The number of carbonyl (C=O) groups excluding carboxylic acids is 4. The maximum absolute atomic E-state index is 13.5. The maximum atomic E-state index is 13.5. The van der Waals surface area contributed by atoms with Gasteiger partial charge in [-0.05, 0) is 70.4 Å². The Morgan fingerprint density at radius 1 is 0.979 bits per heavy atom. The monoisotopic (exact) mass is 680 g/mol. The van der Waals surface area contributed by atoms with Crippen LogP contribution in [0.5, 0.6) is 5.75 Å². The van der Waals surface area contributed by atoms with Crippen molar-refractivity contribution in [2.24, 2.45) is 11.8 Å². The highest BCUT2D eigenvalue weighted by Crippen LogP contribution is 2.26. The van der Waals surface area contributed by atoms with Crippen LogP contribution < -0.4 is 10.1 Å². The van der Waals surface area contributed by atoms with E-state index in [4.69, 9.17) is 23.7 Å². The first-order valence-electron chi connectivity index (χ1n) is 16.9. The Kier molecular flexibility index (Phi) is 16.3. The van der Waals surface area contributed by atoms with Crippen LogP contribution in [0.3, 0.4) is 0 Å². The van der Waals surface area contributed by atoms with Gasteiger partial charge in [-0.15, -0.1) is 0 Å². The molecular formula is C34H53FN4O9. The highest BCUT2D eigenvalue weighted by Gasteiger charge is 2.32. The molecular weight excluding hydrogens is 627 g/mol. The molecule has 0 bridgehead atoms. The van der Waals surface area contributed by atoms with Crippen LogP contribution in [0, 0.1) is 11.8 Å². The minimum Gasteiger partial charge on any atom is -0.490 e. The van der Waals surface area contributed by atoms with Gasteiger partial charge >= 0.3 is 12.1 Å². The van der Waals surface area contributed by atoms with Crippen molar-refractivity contribution in [2.75, 3.05) is 73.0 Å². The van der Waals surface area contributed by atoms with Gasteiger partial charge in [-0.3, -0.25) is 19.4 Å². The minimum absolute atomic E-state index is 0.0264. The molecule has 0 saturated carbocycles. The Hall–Kier alpha value is -3.52. The first-order valence-corrected chi connectivity index (χ1v) is 16.9. The van der Waals surface area contributed by atoms with Gasteiger partial charge in [0.2, 0.25) is 11.8 Å². The van der Waals surface area contributed by atoms with Crippen LogP contribution in [-0.2, 0) is 33.3 Å². The van der Waals surface area contributed by atoms with E-state index in [1.807, 2.05) is 20.8 Å². The molecule has 2 fully saturated rings. The molecule has 1 N–H and O–H groups in total. The van der Waals surface area contributed by atoms with E-state index in [0.717, 1.165) is 19.3 Å². The lowest BCUT2D eigenvalue weighted by Gasteiger charge is -2.35. The van der Waals surface area contributed by atoms with E-state index in [9.17, 15) is 23.6 Å². The average Bonchev–Trinajstić information content (AvgIpc) is 3.07. The van der Waals surface area contributed by atoms with Gasteiger partial charge in [0, 0.05) is 38.8 Å². The van der Waals surface area contributed by atoms with E-state index >= 15 is 0 Å². The summed E-state index contributed by atoms with van der Waals surface area (Å²) in [6.07, 6.45) is 6.81. The number of nitrogens with zero attached hydrogens (tertiary/aromatic N) is 3. The molecule has 1 aromatic heterocycles. The fourth-order valence-corrected chi connectivity index (χ4v) is 5.73. The topological polar surface area (TPSA) is 146 Å². The van der Waals surface area contributed by atoms with E-state index in [1.54, 1.807) is 22.1 Å². The van der Waals surface area contributed by atoms with E-state index < -0.39 is 30.2 Å². The van der Waals surface area contributed by atoms with Crippen LogP contribution in [0.1, 0.15) is 77.3 Å². The summed E-state index contributed by atoms with van der Waals surface area (Å²) in [5.41, 5.74) is 0.0448. The van der Waals surface area contributed by atoms with Gasteiger partial charge in [-0.2, -0.15) is 0 Å². The number of esters is 1. The summed E-state index contributed by atoms with van der Waals surface area (Å²) in [7, 11) is 1.29. The van der Waals surface area contributed by atoms with Crippen molar-refractivity contribution in [1.29, 1.82) is 0 Å². The quantitative estimate of drug-likeness (QED) is 0.190. The molecule has 3 heterocycles. The van der Waals surface area contributed by atoms with Crippen LogP contribution in [-0.4, -0.2) is 117 Å². The predicted molar refractivity (Wildman–Crippen MR) is 174 cm³/mol. The molecule has 3 rings (SSSR count). The number of hydrogen-bond donors (Lipinski definition) is 1. The minimum atomic E-state index is -0.706. The number of likely N-dealkylation sites (tertiary alicyclic amines) is 2. The molecule has 0 aliphatic carbocycles. The number of pyridine rings is 1. The van der Waals surface area contributed by atoms with Gasteiger partial charge in [0.25, 0.3) is 0 Å². The first kappa shape index (κ1) is 38.9. The van der Waals surface area contributed by atoms with Crippen molar-refractivity contribution in [1.82, 2.24) is 20.1 Å². The summed E-state index contributed by atoms with van der Waals surface area (Å²) in [5.74, 6) is -0.335. The molecule has 0 unspecified atom stereocenters. The van der Waals surface area contributed by atoms with Crippen molar-refractivity contribution in [3.8, 4) is 5.75 Å². The summed E-state index contributed by atoms with van der Waals surface area (Å²) in [5, 5.41) is 2.99. The van der Waals surface area contributed by atoms with Gasteiger partial charge in [0.1, 0.15) is 24.6 Å². The largest absolute Gasteiger partial charge is 0.490 e. The van der Waals surface area contributed by atoms with E-state index in [1.165, 1.54) is 13.3 Å². The number of halogens is 1. The number of aromatic nitrogens is 1. The lowest BCUT2D eigenvalue weighted by Crippen LogP contribution is -2.46. The third-order valence-corrected chi connectivity index (χ3v) is 8.32. The Morgan fingerprint density at radius 2 is 1.69 bits per heavy atom. The molecule has 0 spiro atoms. The third-order valence-electron chi connectivity index (χ3n) is 8.32. The summed E-state index contributed by atoms with van der Waals surface area (Å²) in [6, 6.07) is 1.00. The van der Waals surface area contributed by atoms with Crippen LogP contribution >= 0.6 is 0 Å². The van der Waals surface area contributed by atoms with Crippen LogP contribution in [0.4, 0.5) is 9.18 Å². The average molecular weight is 681 g/mol. The zero-order valence-electron chi connectivity index (χ0n) is 28.9. The first-order chi connectivity index (χ1) is 23.0. The number of hydrogen-bond acceptors (Lipinski definition) is 10. The normalized spacial score (nSPS) is 17.8. The van der Waals surface area contributed by atoms with Crippen LogP contribution in [0.15, 0.2) is 18.5 Å². The van der Waals surface area contributed by atoms with Gasteiger partial charge in [-0.25, -0.2) is 9.18 Å². The Balaban J connectivity index is 1.48. The Morgan fingerprint density at radius 3 is 2.38 bits per heavy atom. The summed E-state index contributed by atoms with van der Waals surface area (Å²) < 4.78 is 38.6. The summed E-state index contributed by atoms with van der Waals surface area (Å²) in [6.45, 7) is 8.33. The van der Waals surface area contributed by atoms with Gasteiger partial charge in [0.15, 0.2) is 0 Å². The van der Waals surface area contributed by atoms with Crippen molar-refractivity contribution in [2.45, 2.75) is 77.4 Å². The van der Waals surface area contributed by atoms with Crippen molar-refractivity contribution >= 4 is 23.9 Å². The predicted octanol–water partition coefficient (Wildman–Crippen LogP) is 3.85. The second-order valence-electron chi connectivity index (χ2n) is 13.2. The van der Waals surface area contributed by atoms with Gasteiger partial charge < -0.3 is 38.8 Å². The standard InChI is InChI=1S/C34H53FN4O9/c1-34(2,3)48-33(43)38-13-9-25(10-14-38)7-8-30(40)39-12-5-6-26(24-39)32(42)37-29(21-31(41)44-4)27-20-28(23-36-22-27)47-19-18-46-17-16-45-15-11-35/h20,22-23,25-26,29H,5-19,21,24H2,1-4H3,(H,37,42)/t26-,29+/m1/s1. The molecule has 0 radical (unpaired) electrons. The van der Waals surface area contributed by atoms with Crippen molar-refractivity contribution in [3.05, 3.63) is 24.0 Å². The Bertz CT molecular complexity index is 1170. The fraction of sp³-hybridized carbons (Fsp3) is 0.735. The molecule has 3 amide bonds. The van der Waals surface area contributed by atoms with Crippen molar-refractivity contribution in [3.63, 3.8) is 0 Å². The number of carbonyl (C=O) groups is 4. The summed E-state index contributed by atoms with van der Waals surface area (Å²) >= 11 is 0. The molecule has 270 valence electrons. The zero-order chi connectivity index (χ0) is 34.9. The number of piperidine rings is 2. The van der Waals surface area contributed by atoms with Gasteiger partial charge in [0.05, 0.1) is 58.1 Å².